The molecule has 82 valence electrons. The first kappa shape index (κ1) is 10.5. The van der Waals surface area contributed by atoms with Crippen LogP contribution in [0.5, 0.6) is 0 Å². The first-order chi connectivity index (χ1) is 7.14. The van der Waals surface area contributed by atoms with Crippen LogP contribution in [0.2, 0.25) is 0 Å². The van der Waals surface area contributed by atoms with Gasteiger partial charge in [0.2, 0.25) is 0 Å². The molecule has 0 radical (unpaired) electrons. The minimum absolute atomic E-state index is 0.0924. The Morgan fingerprint density at radius 2 is 2.40 bits per heavy atom. The molecule has 0 bridgehead atoms. The van der Waals surface area contributed by atoms with Crippen molar-refractivity contribution in [2.24, 2.45) is 0 Å². The summed E-state index contributed by atoms with van der Waals surface area (Å²) in [5.41, 5.74) is 0.624. The Morgan fingerprint density at radius 1 is 1.60 bits per heavy atom. The molecule has 3 nitrogen and oxygen atoms in total. The monoisotopic (exact) mass is 212 g/mol. The molecule has 0 spiro atoms. The molecule has 1 aliphatic heterocycles. The van der Waals surface area contributed by atoms with E-state index in [-0.39, 0.29) is 18.5 Å². The van der Waals surface area contributed by atoms with Gasteiger partial charge in [0, 0.05) is 5.56 Å². The van der Waals surface area contributed by atoms with E-state index in [1.54, 1.807) is 19.1 Å². The molecule has 0 aliphatic carbocycles. The Morgan fingerprint density at radius 3 is 3.00 bits per heavy atom. The second kappa shape index (κ2) is 3.89. The van der Waals surface area contributed by atoms with Gasteiger partial charge in [-0.3, -0.25) is 0 Å². The minimum atomic E-state index is -0.949. The minimum Gasteiger partial charge on any atom is -0.394 e. The highest BCUT2D eigenvalue weighted by Gasteiger charge is 2.38. The number of hydrogen-bond acceptors (Lipinski definition) is 3. The van der Waals surface area contributed by atoms with Gasteiger partial charge >= 0.3 is 0 Å². The van der Waals surface area contributed by atoms with Crippen molar-refractivity contribution in [3.05, 3.63) is 35.6 Å². The van der Waals surface area contributed by atoms with Gasteiger partial charge in [0.1, 0.15) is 11.9 Å². The number of halogens is 1. The average Bonchev–Trinajstić information content (AvgIpc) is 2.62. The third-order valence-corrected chi connectivity index (χ3v) is 2.49. The number of benzene rings is 1. The van der Waals surface area contributed by atoms with Crippen LogP contribution in [0.3, 0.4) is 0 Å². The summed E-state index contributed by atoms with van der Waals surface area (Å²) < 4.78 is 23.9. The van der Waals surface area contributed by atoms with Crippen LogP contribution in [0.25, 0.3) is 0 Å². The maximum absolute atomic E-state index is 13.0. The van der Waals surface area contributed by atoms with Gasteiger partial charge in [-0.05, 0) is 19.1 Å². The molecule has 2 rings (SSSR count). The molecule has 0 amide bonds. The van der Waals surface area contributed by atoms with Crippen molar-refractivity contribution in [2.75, 3.05) is 13.2 Å². The van der Waals surface area contributed by atoms with Crippen molar-refractivity contribution in [1.82, 2.24) is 0 Å². The van der Waals surface area contributed by atoms with E-state index in [2.05, 4.69) is 0 Å². The molecule has 2 unspecified atom stereocenters. The summed E-state index contributed by atoms with van der Waals surface area (Å²) in [4.78, 5) is 0. The summed E-state index contributed by atoms with van der Waals surface area (Å²) in [6, 6.07) is 6.09. The molecular formula is C11H13FO3. The number of hydrogen-bond donors (Lipinski definition) is 1. The van der Waals surface area contributed by atoms with E-state index < -0.39 is 5.79 Å². The molecule has 1 saturated heterocycles. The van der Waals surface area contributed by atoms with Crippen molar-refractivity contribution < 1.29 is 19.0 Å². The van der Waals surface area contributed by atoms with E-state index in [0.717, 1.165) is 0 Å². The summed E-state index contributed by atoms with van der Waals surface area (Å²) >= 11 is 0. The van der Waals surface area contributed by atoms with Gasteiger partial charge in [-0.2, -0.15) is 0 Å². The Bertz CT molecular complexity index is 355. The quantitative estimate of drug-likeness (QED) is 0.805. The van der Waals surface area contributed by atoms with Crippen LogP contribution in [-0.4, -0.2) is 24.4 Å². The summed E-state index contributed by atoms with van der Waals surface area (Å²) in [6.07, 6.45) is -0.335. The van der Waals surface area contributed by atoms with Gasteiger partial charge in [-0.25, -0.2) is 4.39 Å². The van der Waals surface area contributed by atoms with E-state index in [9.17, 15) is 4.39 Å². The molecule has 2 atom stereocenters. The van der Waals surface area contributed by atoms with Crippen molar-refractivity contribution in [1.29, 1.82) is 0 Å². The summed E-state index contributed by atoms with van der Waals surface area (Å²) in [5.74, 6) is -1.27. The highest BCUT2D eigenvalue weighted by molar-refractivity contribution is 5.21. The molecule has 1 fully saturated rings. The average molecular weight is 212 g/mol. The van der Waals surface area contributed by atoms with Crippen LogP contribution < -0.4 is 0 Å². The molecule has 1 aromatic rings. The second-order valence-corrected chi connectivity index (χ2v) is 3.69. The van der Waals surface area contributed by atoms with Gasteiger partial charge < -0.3 is 14.6 Å². The lowest BCUT2D eigenvalue weighted by molar-refractivity contribution is -0.165. The lowest BCUT2D eigenvalue weighted by Crippen LogP contribution is -2.25. The number of aliphatic hydroxyl groups is 1. The molecule has 0 saturated carbocycles. The van der Waals surface area contributed by atoms with Gasteiger partial charge in [-0.1, -0.05) is 12.1 Å². The SMILES string of the molecule is CC1(c2cccc(F)c2)OCC(CO)O1. The van der Waals surface area contributed by atoms with Gasteiger partial charge in [0.15, 0.2) is 5.79 Å². The maximum atomic E-state index is 13.0. The van der Waals surface area contributed by atoms with Crippen LogP contribution in [-0.2, 0) is 15.3 Å². The molecule has 1 aliphatic rings. The highest BCUT2D eigenvalue weighted by Crippen LogP contribution is 2.33. The standard InChI is InChI=1S/C11H13FO3/c1-11(14-7-10(6-13)15-11)8-3-2-4-9(12)5-8/h2-5,10,13H,6-7H2,1H3. The van der Waals surface area contributed by atoms with E-state index in [1.165, 1.54) is 12.1 Å². The molecule has 15 heavy (non-hydrogen) atoms. The van der Waals surface area contributed by atoms with Crippen LogP contribution in [0, 0.1) is 5.82 Å². The zero-order valence-electron chi connectivity index (χ0n) is 8.44. The van der Waals surface area contributed by atoms with Crippen molar-refractivity contribution in [3.63, 3.8) is 0 Å². The number of ether oxygens (including phenoxy) is 2. The summed E-state index contributed by atoms with van der Waals surface area (Å²) in [5, 5.41) is 8.92. The topological polar surface area (TPSA) is 38.7 Å². The lowest BCUT2D eigenvalue weighted by Gasteiger charge is -2.23. The molecular weight excluding hydrogens is 199 g/mol. The first-order valence-corrected chi connectivity index (χ1v) is 4.83. The Labute approximate surface area is 87.4 Å². The van der Waals surface area contributed by atoms with Crippen molar-refractivity contribution >= 4 is 0 Å². The molecule has 0 aromatic heterocycles. The number of aliphatic hydroxyl groups excluding tert-OH is 1. The zero-order chi connectivity index (χ0) is 10.9. The largest absolute Gasteiger partial charge is 0.394 e. The third-order valence-electron chi connectivity index (χ3n) is 2.49. The second-order valence-electron chi connectivity index (χ2n) is 3.69. The zero-order valence-corrected chi connectivity index (χ0v) is 8.44. The van der Waals surface area contributed by atoms with Crippen LogP contribution >= 0.6 is 0 Å². The van der Waals surface area contributed by atoms with Crippen molar-refractivity contribution in [2.45, 2.75) is 18.8 Å². The maximum Gasteiger partial charge on any atom is 0.192 e. The van der Waals surface area contributed by atoms with Gasteiger partial charge in [-0.15, -0.1) is 0 Å². The Kier molecular flexibility index (Phi) is 2.73. The van der Waals surface area contributed by atoms with Crippen LogP contribution in [0.1, 0.15) is 12.5 Å². The fraction of sp³-hybridized carbons (Fsp3) is 0.455. The number of rotatable bonds is 2. The van der Waals surface area contributed by atoms with E-state index in [1.807, 2.05) is 0 Å². The van der Waals surface area contributed by atoms with E-state index in [4.69, 9.17) is 14.6 Å². The fourth-order valence-electron chi connectivity index (χ4n) is 1.65. The lowest BCUT2D eigenvalue weighted by atomic mass is 10.1. The summed E-state index contributed by atoms with van der Waals surface area (Å²) in [7, 11) is 0. The van der Waals surface area contributed by atoms with Crippen LogP contribution in [0.4, 0.5) is 4.39 Å². The Hall–Kier alpha value is -0.970. The van der Waals surface area contributed by atoms with E-state index >= 15 is 0 Å². The predicted octanol–water partition coefficient (Wildman–Crippen LogP) is 1.41. The Balaban J connectivity index is 2.23. The van der Waals surface area contributed by atoms with Crippen molar-refractivity contribution in [3.8, 4) is 0 Å². The molecule has 4 heteroatoms. The first-order valence-electron chi connectivity index (χ1n) is 4.83. The van der Waals surface area contributed by atoms with Crippen LogP contribution in [0.15, 0.2) is 24.3 Å². The summed E-state index contributed by atoms with van der Waals surface area (Å²) in [6.45, 7) is 1.95. The third kappa shape index (κ3) is 2.02. The predicted molar refractivity (Wildman–Crippen MR) is 51.7 cm³/mol. The smallest absolute Gasteiger partial charge is 0.192 e. The molecule has 1 aromatic carbocycles. The fourth-order valence-corrected chi connectivity index (χ4v) is 1.65. The van der Waals surface area contributed by atoms with E-state index in [0.29, 0.717) is 12.2 Å². The van der Waals surface area contributed by atoms with Gasteiger partial charge in [0.25, 0.3) is 0 Å². The van der Waals surface area contributed by atoms with Gasteiger partial charge in [0.05, 0.1) is 13.2 Å². The highest BCUT2D eigenvalue weighted by atomic mass is 19.1. The molecule has 1 heterocycles. The molecule has 1 N–H and O–H groups in total. The normalized spacial score (nSPS) is 30.7.